The van der Waals surface area contributed by atoms with Crippen LogP contribution in [-0.4, -0.2) is 18.5 Å². The number of ether oxygens (including phenoxy) is 1. The molecule has 1 aliphatic heterocycles. The Morgan fingerprint density at radius 1 is 1.17 bits per heavy atom. The monoisotopic (exact) mass is 310 g/mol. The van der Waals surface area contributed by atoms with Crippen LogP contribution in [-0.2, 0) is 4.79 Å². The van der Waals surface area contributed by atoms with Gasteiger partial charge in [-0.1, -0.05) is 36.4 Å². The van der Waals surface area contributed by atoms with Gasteiger partial charge in [0.2, 0.25) is 5.91 Å². The summed E-state index contributed by atoms with van der Waals surface area (Å²) in [6, 6.07) is 17.3. The number of carbonyl (C=O) groups excluding carboxylic acids is 1. The second-order valence-electron chi connectivity index (χ2n) is 5.83. The summed E-state index contributed by atoms with van der Waals surface area (Å²) in [5.41, 5.74) is 0.975. The molecule has 1 aliphatic rings. The number of amides is 1. The first-order valence-corrected chi connectivity index (χ1v) is 8.09. The van der Waals surface area contributed by atoms with Crippen LogP contribution in [0.3, 0.4) is 0 Å². The average Bonchev–Trinajstić information content (AvgIpc) is 3.11. The predicted octanol–water partition coefficient (Wildman–Crippen LogP) is 3.41. The van der Waals surface area contributed by atoms with Crippen LogP contribution in [0.15, 0.2) is 54.6 Å². The van der Waals surface area contributed by atoms with Gasteiger partial charge in [-0.15, -0.1) is 0 Å². The Bertz CT molecular complexity index is 651. The van der Waals surface area contributed by atoms with Crippen LogP contribution in [0, 0.1) is 0 Å². The van der Waals surface area contributed by atoms with E-state index in [1.165, 1.54) is 0 Å². The maximum absolute atomic E-state index is 12.3. The molecule has 1 heterocycles. The van der Waals surface area contributed by atoms with Crippen molar-refractivity contribution in [2.75, 3.05) is 6.54 Å². The summed E-state index contributed by atoms with van der Waals surface area (Å²) in [5.74, 6) is 1.62. The fourth-order valence-electron chi connectivity index (χ4n) is 2.85. The molecular formula is C19H22N2O2. The van der Waals surface area contributed by atoms with E-state index in [-0.39, 0.29) is 18.0 Å². The van der Waals surface area contributed by atoms with E-state index in [2.05, 4.69) is 10.6 Å². The highest BCUT2D eigenvalue weighted by Gasteiger charge is 2.24. The number of para-hydroxylation sites is 2. The molecule has 1 fully saturated rings. The third kappa shape index (κ3) is 3.90. The molecule has 0 radical (unpaired) electrons. The second-order valence-corrected chi connectivity index (χ2v) is 5.83. The summed E-state index contributed by atoms with van der Waals surface area (Å²) in [6.45, 7) is 2.90. The molecule has 2 unspecified atom stereocenters. The lowest BCUT2D eigenvalue weighted by atomic mass is 10.1. The predicted molar refractivity (Wildman–Crippen MR) is 90.5 cm³/mol. The Balaban J connectivity index is 1.72. The number of nitrogens with one attached hydrogen (secondary N) is 2. The zero-order chi connectivity index (χ0) is 16.1. The fourth-order valence-corrected chi connectivity index (χ4v) is 2.85. The lowest BCUT2D eigenvalue weighted by Gasteiger charge is -2.20. The van der Waals surface area contributed by atoms with Crippen LogP contribution in [0.2, 0.25) is 0 Å². The number of benzene rings is 2. The van der Waals surface area contributed by atoms with Crippen LogP contribution >= 0.6 is 0 Å². The quantitative estimate of drug-likeness (QED) is 0.890. The van der Waals surface area contributed by atoms with Gasteiger partial charge in [0.1, 0.15) is 11.5 Å². The first-order chi connectivity index (χ1) is 11.2. The third-order valence-electron chi connectivity index (χ3n) is 4.09. The molecule has 0 aromatic heterocycles. The van der Waals surface area contributed by atoms with Gasteiger partial charge in [-0.2, -0.15) is 0 Å². The number of hydrogen-bond donors (Lipinski definition) is 2. The number of carbonyl (C=O) groups is 1. The molecular weight excluding hydrogens is 288 g/mol. The van der Waals surface area contributed by atoms with Crippen LogP contribution in [0.5, 0.6) is 11.5 Å². The van der Waals surface area contributed by atoms with Crippen LogP contribution < -0.4 is 15.4 Å². The minimum Gasteiger partial charge on any atom is -0.457 e. The van der Waals surface area contributed by atoms with Gasteiger partial charge in [0.25, 0.3) is 0 Å². The van der Waals surface area contributed by atoms with E-state index < -0.39 is 0 Å². The van der Waals surface area contributed by atoms with Gasteiger partial charge in [0.05, 0.1) is 12.1 Å². The van der Waals surface area contributed by atoms with E-state index in [0.29, 0.717) is 0 Å². The van der Waals surface area contributed by atoms with Crippen molar-refractivity contribution in [1.29, 1.82) is 0 Å². The van der Waals surface area contributed by atoms with Gasteiger partial charge in [0, 0.05) is 5.56 Å². The molecule has 0 bridgehead atoms. The number of rotatable bonds is 5. The summed E-state index contributed by atoms with van der Waals surface area (Å²) in [4.78, 5) is 12.3. The van der Waals surface area contributed by atoms with Crippen molar-refractivity contribution in [3.8, 4) is 11.5 Å². The Morgan fingerprint density at radius 2 is 1.91 bits per heavy atom. The van der Waals surface area contributed by atoms with Crippen molar-refractivity contribution in [2.24, 2.45) is 0 Å². The maximum atomic E-state index is 12.3. The van der Waals surface area contributed by atoms with Crippen molar-refractivity contribution >= 4 is 5.91 Å². The van der Waals surface area contributed by atoms with Gasteiger partial charge in [-0.3, -0.25) is 4.79 Å². The zero-order valence-corrected chi connectivity index (χ0v) is 13.3. The second kappa shape index (κ2) is 7.29. The summed E-state index contributed by atoms with van der Waals surface area (Å²) < 4.78 is 5.97. The molecule has 2 N–H and O–H groups in total. The van der Waals surface area contributed by atoms with Crippen molar-refractivity contribution in [1.82, 2.24) is 10.6 Å². The zero-order valence-electron chi connectivity index (χ0n) is 13.3. The molecule has 2 atom stereocenters. The summed E-state index contributed by atoms with van der Waals surface area (Å²) in [7, 11) is 0. The maximum Gasteiger partial charge on any atom is 0.237 e. The first-order valence-electron chi connectivity index (χ1n) is 8.09. The minimum absolute atomic E-state index is 0.0597. The Labute approximate surface area is 136 Å². The molecule has 0 spiro atoms. The standard InChI is InChI=1S/C19H22N2O2/c1-14(21-19(22)17-11-7-13-20-17)16-10-5-6-12-18(16)23-15-8-3-2-4-9-15/h2-6,8-10,12,14,17,20H,7,11,13H2,1H3,(H,21,22). The van der Waals surface area contributed by atoms with E-state index in [4.69, 9.17) is 4.74 Å². The van der Waals surface area contributed by atoms with E-state index in [0.717, 1.165) is 36.4 Å². The lowest BCUT2D eigenvalue weighted by Crippen LogP contribution is -2.41. The average molecular weight is 310 g/mol. The van der Waals surface area contributed by atoms with Crippen LogP contribution in [0.1, 0.15) is 31.4 Å². The van der Waals surface area contributed by atoms with Gasteiger partial charge in [0.15, 0.2) is 0 Å². The molecule has 2 aromatic carbocycles. The number of hydrogen-bond acceptors (Lipinski definition) is 3. The summed E-state index contributed by atoms with van der Waals surface area (Å²) >= 11 is 0. The highest BCUT2D eigenvalue weighted by Crippen LogP contribution is 2.29. The van der Waals surface area contributed by atoms with E-state index in [1.807, 2.05) is 61.5 Å². The van der Waals surface area contributed by atoms with E-state index >= 15 is 0 Å². The Kier molecular flexibility index (Phi) is 4.93. The Hall–Kier alpha value is -2.33. The molecule has 120 valence electrons. The SMILES string of the molecule is CC(NC(=O)C1CCCN1)c1ccccc1Oc1ccccc1. The molecule has 2 aromatic rings. The lowest BCUT2D eigenvalue weighted by molar-refractivity contribution is -0.123. The molecule has 0 aliphatic carbocycles. The smallest absolute Gasteiger partial charge is 0.237 e. The fraction of sp³-hybridized carbons (Fsp3) is 0.316. The molecule has 23 heavy (non-hydrogen) atoms. The summed E-state index contributed by atoms with van der Waals surface area (Å²) in [6.07, 6.45) is 1.96. The highest BCUT2D eigenvalue weighted by molar-refractivity contribution is 5.82. The van der Waals surface area contributed by atoms with Crippen molar-refractivity contribution < 1.29 is 9.53 Å². The Morgan fingerprint density at radius 3 is 2.65 bits per heavy atom. The normalized spacial score (nSPS) is 18.4. The van der Waals surface area contributed by atoms with Crippen molar-refractivity contribution in [3.05, 3.63) is 60.2 Å². The highest BCUT2D eigenvalue weighted by atomic mass is 16.5. The molecule has 1 saturated heterocycles. The minimum atomic E-state index is -0.107. The van der Waals surface area contributed by atoms with Crippen molar-refractivity contribution in [3.63, 3.8) is 0 Å². The molecule has 1 amide bonds. The topological polar surface area (TPSA) is 50.4 Å². The van der Waals surface area contributed by atoms with E-state index in [9.17, 15) is 4.79 Å². The van der Waals surface area contributed by atoms with Gasteiger partial charge in [-0.25, -0.2) is 0 Å². The van der Waals surface area contributed by atoms with Gasteiger partial charge in [-0.05, 0) is 44.5 Å². The molecule has 3 rings (SSSR count). The largest absolute Gasteiger partial charge is 0.457 e. The third-order valence-corrected chi connectivity index (χ3v) is 4.09. The van der Waals surface area contributed by atoms with Crippen LogP contribution in [0.4, 0.5) is 0 Å². The molecule has 0 saturated carbocycles. The van der Waals surface area contributed by atoms with Crippen molar-refractivity contribution in [2.45, 2.75) is 31.8 Å². The van der Waals surface area contributed by atoms with Gasteiger partial charge < -0.3 is 15.4 Å². The molecule has 4 nitrogen and oxygen atoms in total. The van der Waals surface area contributed by atoms with Gasteiger partial charge >= 0.3 is 0 Å². The summed E-state index contributed by atoms with van der Waals surface area (Å²) in [5, 5.41) is 6.31. The van der Waals surface area contributed by atoms with E-state index in [1.54, 1.807) is 0 Å². The molecule has 4 heteroatoms. The van der Waals surface area contributed by atoms with Crippen LogP contribution in [0.25, 0.3) is 0 Å². The first kappa shape index (κ1) is 15.6.